The van der Waals surface area contributed by atoms with Gasteiger partial charge >= 0.3 is 5.97 Å². The molecule has 1 aliphatic carbocycles. The molecule has 0 aromatic heterocycles. The molecule has 3 aromatic rings. The average molecular weight is 486 g/mol. The monoisotopic (exact) mass is 485 g/mol. The zero-order valence-electron chi connectivity index (χ0n) is 20.3. The Balaban J connectivity index is 1.33. The standard InChI is InChI=1S/C31H32ClNO2/c1-2-3-4-5-22-6-8-23(9-7-22)24-10-12-25(13-11-24)26-14-16-27(17-15-26)31(34)35-29-19-18-28(21-33)30(32)20-29/h10-20,22-23H,2-9H2,1H3. The lowest BCUT2D eigenvalue weighted by Crippen LogP contribution is -2.13. The predicted molar refractivity (Wildman–Crippen MR) is 142 cm³/mol. The summed E-state index contributed by atoms with van der Waals surface area (Å²) in [6.07, 6.45) is 10.8. The molecule has 1 aliphatic rings. The van der Waals surface area contributed by atoms with Crippen molar-refractivity contribution in [3.63, 3.8) is 0 Å². The molecule has 0 heterocycles. The van der Waals surface area contributed by atoms with Crippen molar-refractivity contribution in [1.29, 1.82) is 5.26 Å². The Kier molecular flexibility index (Phi) is 8.61. The van der Waals surface area contributed by atoms with Crippen molar-refractivity contribution in [2.24, 2.45) is 5.92 Å². The van der Waals surface area contributed by atoms with Crippen molar-refractivity contribution >= 4 is 17.6 Å². The lowest BCUT2D eigenvalue weighted by Gasteiger charge is -2.29. The van der Waals surface area contributed by atoms with E-state index in [1.54, 1.807) is 18.2 Å². The van der Waals surface area contributed by atoms with Crippen LogP contribution in [-0.4, -0.2) is 5.97 Å². The Morgan fingerprint density at radius 1 is 0.943 bits per heavy atom. The second-order valence-electron chi connectivity index (χ2n) is 9.56. The number of nitriles is 1. The highest BCUT2D eigenvalue weighted by atomic mass is 35.5. The smallest absolute Gasteiger partial charge is 0.343 e. The number of nitrogens with zero attached hydrogens (tertiary/aromatic N) is 1. The van der Waals surface area contributed by atoms with Gasteiger partial charge in [-0.3, -0.25) is 0 Å². The molecule has 0 unspecified atom stereocenters. The summed E-state index contributed by atoms with van der Waals surface area (Å²) >= 11 is 6.02. The lowest BCUT2D eigenvalue weighted by molar-refractivity contribution is 0.0735. The van der Waals surface area contributed by atoms with E-state index in [1.807, 2.05) is 18.2 Å². The van der Waals surface area contributed by atoms with Gasteiger partial charge < -0.3 is 4.74 Å². The molecular formula is C31H32ClNO2. The summed E-state index contributed by atoms with van der Waals surface area (Å²) in [5.41, 5.74) is 4.45. The third kappa shape index (κ3) is 6.53. The molecule has 0 amide bonds. The van der Waals surface area contributed by atoms with Gasteiger partial charge in [-0.2, -0.15) is 5.26 Å². The van der Waals surface area contributed by atoms with E-state index >= 15 is 0 Å². The SMILES string of the molecule is CCCCCC1CCC(c2ccc(-c3ccc(C(=O)Oc4ccc(C#N)c(Cl)c4)cc3)cc2)CC1. The zero-order chi connectivity index (χ0) is 24.6. The number of carbonyl (C=O) groups is 1. The van der Waals surface area contributed by atoms with E-state index in [1.165, 1.54) is 69.1 Å². The molecule has 0 radical (unpaired) electrons. The van der Waals surface area contributed by atoms with Gasteiger partial charge in [-0.25, -0.2) is 4.79 Å². The molecule has 3 nitrogen and oxygen atoms in total. The van der Waals surface area contributed by atoms with Crippen LogP contribution in [0.25, 0.3) is 11.1 Å². The maximum atomic E-state index is 12.5. The van der Waals surface area contributed by atoms with Crippen LogP contribution in [0.5, 0.6) is 5.75 Å². The Hall–Kier alpha value is -3.09. The summed E-state index contributed by atoms with van der Waals surface area (Å²) in [4.78, 5) is 12.5. The van der Waals surface area contributed by atoms with E-state index in [0.29, 0.717) is 22.8 Å². The van der Waals surface area contributed by atoms with Crippen molar-refractivity contribution in [2.45, 2.75) is 64.2 Å². The fraction of sp³-hybridized carbons (Fsp3) is 0.355. The van der Waals surface area contributed by atoms with Gasteiger partial charge in [0.15, 0.2) is 0 Å². The van der Waals surface area contributed by atoms with Gasteiger partial charge in [-0.05, 0) is 78.5 Å². The van der Waals surface area contributed by atoms with Crippen LogP contribution < -0.4 is 4.74 Å². The highest BCUT2D eigenvalue weighted by Gasteiger charge is 2.22. The number of rotatable bonds is 8. The molecule has 0 aliphatic heterocycles. The maximum absolute atomic E-state index is 12.5. The molecule has 1 fully saturated rings. The van der Waals surface area contributed by atoms with Crippen molar-refractivity contribution in [2.75, 3.05) is 0 Å². The summed E-state index contributed by atoms with van der Waals surface area (Å²) < 4.78 is 5.41. The molecule has 0 atom stereocenters. The highest BCUT2D eigenvalue weighted by Crippen LogP contribution is 2.38. The molecule has 180 valence electrons. The number of ether oxygens (including phenoxy) is 1. The topological polar surface area (TPSA) is 50.1 Å². The van der Waals surface area contributed by atoms with Crippen LogP contribution in [0, 0.1) is 17.2 Å². The Labute approximate surface area is 213 Å². The van der Waals surface area contributed by atoms with Crippen LogP contribution in [0.15, 0.2) is 66.7 Å². The van der Waals surface area contributed by atoms with Crippen LogP contribution in [0.3, 0.4) is 0 Å². The predicted octanol–water partition coefficient (Wildman–Crippen LogP) is 8.95. The van der Waals surface area contributed by atoms with Crippen LogP contribution in [-0.2, 0) is 0 Å². The van der Waals surface area contributed by atoms with Crippen LogP contribution in [0.1, 0.15) is 85.7 Å². The molecule has 4 heteroatoms. The van der Waals surface area contributed by atoms with E-state index in [9.17, 15) is 4.79 Å². The third-order valence-corrected chi connectivity index (χ3v) is 7.48. The number of benzene rings is 3. The van der Waals surface area contributed by atoms with E-state index in [-0.39, 0.29) is 5.02 Å². The summed E-state index contributed by atoms with van der Waals surface area (Å²) in [6.45, 7) is 2.28. The number of halogens is 1. The Bertz CT molecular complexity index is 1170. The largest absolute Gasteiger partial charge is 0.423 e. The lowest BCUT2D eigenvalue weighted by atomic mass is 9.77. The van der Waals surface area contributed by atoms with Crippen LogP contribution in [0.2, 0.25) is 5.02 Å². The Morgan fingerprint density at radius 2 is 1.60 bits per heavy atom. The maximum Gasteiger partial charge on any atom is 0.343 e. The Morgan fingerprint density at radius 3 is 2.20 bits per heavy atom. The molecule has 35 heavy (non-hydrogen) atoms. The van der Waals surface area contributed by atoms with Gasteiger partial charge in [0, 0.05) is 6.07 Å². The number of esters is 1. The molecule has 0 saturated heterocycles. The van der Waals surface area contributed by atoms with Crippen molar-refractivity contribution in [1.82, 2.24) is 0 Å². The second kappa shape index (κ2) is 12.0. The quantitative estimate of drug-likeness (QED) is 0.182. The van der Waals surface area contributed by atoms with Crippen molar-refractivity contribution < 1.29 is 9.53 Å². The van der Waals surface area contributed by atoms with E-state index in [0.717, 1.165) is 17.0 Å². The first-order valence-electron chi connectivity index (χ1n) is 12.7. The number of hydrogen-bond donors (Lipinski definition) is 0. The van der Waals surface area contributed by atoms with Crippen molar-refractivity contribution in [3.05, 3.63) is 88.4 Å². The molecule has 3 aromatic carbocycles. The fourth-order valence-corrected chi connectivity index (χ4v) is 5.24. The van der Waals surface area contributed by atoms with Gasteiger partial charge in [0.25, 0.3) is 0 Å². The second-order valence-corrected chi connectivity index (χ2v) is 9.96. The minimum Gasteiger partial charge on any atom is -0.423 e. The fourth-order valence-electron chi connectivity index (χ4n) is 5.03. The first-order valence-corrected chi connectivity index (χ1v) is 13.1. The average Bonchev–Trinajstić information content (AvgIpc) is 2.90. The van der Waals surface area contributed by atoms with Crippen molar-refractivity contribution in [3.8, 4) is 22.9 Å². The molecule has 4 rings (SSSR count). The minimum atomic E-state index is -0.460. The summed E-state index contributed by atoms with van der Waals surface area (Å²) in [5, 5.41) is 9.23. The van der Waals surface area contributed by atoms with E-state index < -0.39 is 5.97 Å². The normalized spacial score (nSPS) is 17.5. The highest BCUT2D eigenvalue weighted by molar-refractivity contribution is 6.31. The molecule has 1 saturated carbocycles. The third-order valence-electron chi connectivity index (χ3n) is 7.17. The summed E-state index contributed by atoms with van der Waals surface area (Å²) in [7, 11) is 0. The zero-order valence-corrected chi connectivity index (χ0v) is 21.1. The van der Waals surface area contributed by atoms with Gasteiger partial charge in [0.05, 0.1) is 16.1 Å². The molecule has 0 spiro atoms. The van der Waals surface area contributed by atoms with Gasteiger partial charge in [0.2, 0.25) is 0 Å². The van der Waals surface area contributed by atoms with Gasteiger partial charge in [-0.1, -0.05) is 80.6 Å². The minimum absolute atomic E-state index is 0.261. The number of unbranched alkanes of at least 4 members (excludes halogenated alkanes) is 2. The molecule has 0 N–H and O–H groups in total. The molecular weight excluding hydrogens is 454 g/mol. The van der Waals surface area contributed by atoms with E-state index in [2.05, 4.69) is 31.2 Å². The number of carbonyl (C=O) groups excluding carboxylic acids is 1. The molecule has 0 bridgehead atoms. The summed E-state index contributed by atoms with van der Waals surface area (Å²) in [5.74, 6) is 1.46. The number of hydrogen-bond acceptors (Lipinski definition) is 3. The van der Waals surface area contributed by atoms with Crippen LogP contribution in [0.4, 0.5) is 0 Å². The summed E-state index contributed by atoms with van der Waals surface area (Å²) in [6, 6.07) is 22.9. The van der Waals surface area contributed by atoms with Gasteiger partial charge in [-0.15, -0.1) is 0 Å². The first kappa shape index (κ1) is 25.0. The van der Waals surface area contributed by atoms with E-state index in [4.69, 9.17) is 21.6 Å². The first-order chi connectivity index (χ1) is 17.1. The van der Waals surface area contributed by atoms with Gasteiger partial charge in [0.1, 0.15) is 11.8 Å². The van der Waals surface area contributed by atoms with Crippen LogP contribution >= 0.6 is 11.6 Å².